The number of nitrogens with zero attached hydrogens (tertiary/aromatic N) is 2. The number of halogens is 2. The van der Waals surface area contributed by atoms with Crippen molar-refractivity contribution in [2.75, 3.05) is 12.4 Å². The number of anilines is 1. The molecule has 0 bridgehead atoms. The molecule has 1 aliphatic rings. The third-order valence-electron chi connectivity index (χ3n) is 3.94. The zero-order valence-corrected chi connectivity index (χ0v) is 14.2. The molecule has 1 saturated carbocycles. The Morgan fingerprint density at radius 3 is 2.67 bits per heavy atom. The van der Waals surface area contributed by atoms with E-state index in [4.69, 9.17) is 16.6 Å². The van der Waals surface area contributed by atoms with Crippen LogP contribution in [0.5, 0.6) is 0 Å². The van der Waals surface area contributed by atoms with Crippen molar-refractivity contribution in [1.29, 1.82) is 0 Å². The molecule has 3 nitrogen and oxygen atoms in total. The summed E-state index contributed by atoms with van der Waals surface area (Å²) in [5.74, 6) is 2.08. The van der Waals surface area contributed by atoms with E-state index in [0.29, 0.717) is 10.9 Å². The van der Waals surface area contributed by atoms with Gasteiger partial charge in [-0.2, -0.15) is 0 Å². The summed E-state index contributed by atoms with van der Waals surface area (Å²) in [6, 6.07) is 7.69. The Balaban J connectivity index is 2.10. The topological polar surface area (TPSA) is 37.8 Å². The predicted molar refractivity (Wildman–Crippen MR) is 90.9 cm³/mol. The van der Waals surface area contributed by atoms with E-state index in [9.17, 15) is 0 Å². The minimum Gasteiger partial charge on any atom is -0.372 e. The monoisotopic (exact) mass is 365 g/mol. The fourth-order valence-corrected chi connectivity index (χ4v) is 3.75. The highest BCUT2D eigenvalue weighted by Crippen LogP contribution is 2.39. The van der Waals surface area contributed by atoms with Gasteiger partial charge in [0.2, 0.25) is 0 Å². The number of nitrogens with one attached hydrogen (secondary N) is 1. The largest absolute Gasteiger partial charge is 0.372 e. The zero-order valence-electron chi connectivity index (χ0n) is 11.9. The minimum atomic E-state index is 0.521. The summed E-state index contributed by atoms with van der Waals surface area (Å²) < 4.78 is 0.989. The van der Waals surface area contributed by atoms with E-state index in [-0.39, 0.29) is 0 Å². The molecule has 1 aliphatic carbocycles. The average molecular weight is 367 g/mol. The lowest BCUT2D eigenvalue weighted by molar-refractivity contribution is 0.691. The molecular weight excluding hydrogens is 350 g/mol. The molecule has 21 heavy (non-hydrogen) atoms. The van der Waals surface area contributed by atoms with E-state index in [1.165, 1.54) is 25.7 Å². The lowest BCUT2D eigenvalue weighted by atomic mass is 10.0. The molecule has 0 atom stereocenters. The average Bonchev–Trinajstić information content (AvgIpc) is 3.01. The summed E-state index contributed by atoms with van der Waals surface area (Å²) in [5, 5.41) is 3.85. The van der Waals surface area contributed by atoms with Crippen LogP contribution in [0.4, 0.5) is 5.82 Å². The zero-order chi connectivity index (χ0) is 14.8. The van der Waals surface area contributed by atoms with Gasteiger partial charge in [0.15, 0.2) is 5.82 Å². The van der Waals surface area contributed by atoms with E-state index >= 15 is 0 Å². The van der Waals surface area contributed by atoms with Crippen LogP contribution in [-0.4, -0.2) is 17.0 Å². The van der Waals surface area contributed by atoms with Gasteiger partial charge in [0, 0.05) is 23.6 Å². The van der Waals surface area contributed by atoms with E-state index in [2.05, 4.69) is 26.2 Å². The summed E-state index contributed by atoms with van der Waals surface area (Å²) in [7, 11) is 1.88. The van der Waals surface area contributed by atoms with Gasteiger partial charge in [0.05, 0.1) is 10.2 Å². The quantitative estimate of drug-likeness (QED) is 0.805. The molecule has 0 amide bonds. The standard InChI is InChI=1S/C16H17BrClN3/c1-19-16-13(17)14(10-5-2-3-6-10)20-15(21-16)11-7-4-8-12(18)9-11/h4,7-10H,2-3,5-6H2,1H3,(H,19,20,21). The second-order valence-corrected chi connectivity index (χ2v) is 6.57. The van der Waals surface area contributed by atoms with Gasteiger partial charge >= 0.3 is 0 Å². The summed E-state index contributed by atoms with van der Waals surface area (Å²) in [6.07, 6.45) is 4.96. The second kappa shape index (κ2) is 6.32. The molecule has 0 aliphatic heterocycles. The summed E-state index contributed by atoms with van der Waals surface area (Å²) in [6.45, 7) is 0. The molecule has 2 aromatic rings. The van der Waals surface area contributed by atoms with E-state index in [0.717, 1.165) is 27.4 Å². The van der Waals surface area contributed by atoms with Crippen LogP contribution in [0.3, 0.4) is 0 Å². The van der Waals surface area contributed by atoms with Crippen molar-refractivity contribution in [3.05, 3.63) is 39.5 Å². The first-order valence-corrected chi connectivity index (χ1v) is 8.37. The van der Waals surface area contributed by atoms with Crippen molar-refractivity contribution in [1.82, 2.24) is 9.97 Å². The molecule has 0 spiro atoms. The maximum Gasteiger partial charge on any atom is 0.161 e. The Labute approximate surface area is 138 Å². The van der Waals surface area contributed by atoms with Gasteiger partial charge in [-0.1, -0.05) is 36.6 Å². The fraction of sp³-hybridized carbons (Fsp3) is 0.375. The maximum absolute atomic E-state index is 6.09. The van der Waals surface area contributed by atoms with Crippen LogP contribution in [0.1, 0.15) is 37.3 Å². The molecule has 1 N–H and O–H groups in total. The van der Waals surface area contributed by atoms with E-state index < -0.39 is 0 Å². The highest BCUT2D eigenvalue weighted by atomic mass is 79.9. The Bertz CT molecular complexity index is 654. The second-order valence-electron chi connectivity index (χ2n) is 5.34. The van der Waals surface area contributed by atoms with Gasteiger partial charge in [-0.05, 0) is 40.9 Å². The molecule has 1 heterocycles. The Morgan fingerprint density at radius 2 is 2.00 bits per heavy atom. The maximum atomic E-state index is 6.09. The van der Waals surface area contributed by atoms with Crippen LogP contribution in [0, 0.1) is 0 Å². The molecule has 1 aromatic carbocycles. The molecule has 3 rings (SSSR count). The highest BCUT2D eigenvalue weighted by Gasteiger charge is 2.24. The van der Waals surface area contributed by atoms with Crippen LogP contribution in [0.2, 0.25) is 5.02 Å². The van der Waals surface area contributed by atoms with Crippen molar-refractivity contribution < 1.29 is 0 Å². The lowest BCUT2D eigenvalue weighted by Gasteiger charge is -2.15. The Morgan fingerprint density at radius 1 is 1.24 bits per heavy atom. The van der Waals surface area contributed by atoms with Crippen LogP contribution >= 0.6 is 27.5 Å². The first-order chi connectivity index (χ1) is 10.2. The Kier molecular flexibility index (Phi) is 4.45. The van der Waals surface area contributed by atoms with Crippen LogP contribution < -0.4 is 5.32 Å². The minimum absolute atomic E-state index is 0.521. The first kappa shape index (κ1) is 14.8. The normalized spacial score (nSPS) is 15.4. The molecular formula is C16H17BrClN3. The number of aromatic nitrogens is 2. The number of rotatable bonds is 3. The molecule has 5 heteroatoms. The van der Waals surface area contributed by atoms with E-state index in [1.807, 2.05) is 31.3 Å². The number of hydrogen-bond donors (Lipinski definition) is 1. The predicted octanol–water partition coefficient (Wildman–Crippen LogP) is 5.26. The Hall–Kier alpha value is -1.13. The van der Waals surface area contributed by atoms with Crippen LogP contribution in [0.15, 0.2) is 28.7 Å². The van der Waals surface area contributed by atoms with Gasteiger partial charge < -0.3 is 5.32 Å². The van der Waals surface area contributed by atoms with Gasteiger partial charge in [-0.15, -0.1) is 0 Å². The van der Waals surface area contributed by atoms with Gasteiger partial charge in [0.1, 0.15) is 5.82 Å². The third kappa shape index (κ3) is 3.06. The summed E-state index contributed by atoms with van der Waals surface area (Å²) >= 11 is 9.75. The molecule has 0 saturated heterocycles. The smallest absolute Gasteiger partial charge is 0.161 e. The number of hydrogen-bond acceptors (Lipinski definition) is 3. The third-order valence-corrected chi connectivity index (χ3v) is 4.96. The van der Waals surface area contributed by atoms with Crippen molar-refractivity contribution in [3.8, 4) is 11.4 Å². The molecule has 0 radical (unpaired) electrons. The first-order valence-electron chi connectivity index (χ1n) is 7.20. The van der Waals surface area contributed by atoms with Crippen molar-refractivity contribution in [3.63, 3.8) is 0 Å². The SMILES string of the molecule is CNc1nc(-c2cccc(Cl)c2)nc(C2CCCC2)c1Br. The summed E-state index contributed by atoms with van der Waals surface area (Å²) in [4.78, 5) is 9.42. The van der Waals surface area contributed by atoms with Crippen molar-refractivity contribution in [2.45, 2.75) is 31.6 Å². The lowest BCUT2D eigenvalue weighted by Crippen LogP contribution is -2.06. The van der Waals surface area contributed by atoms with E-state index in [1.54, 1.807) is 0 Å². The molecule has 1 fully saturated rings. The van der Waals surface area contributed by atoms with Gasteiger partial charge in [-0.3, -0.25) is 0 Å². The summed E-state index contributed by atoms with van der Waals surface area (Å²) in [5.41, 5.74) is 2.06. The van der Waals surface area contributed by atoms with Gasteiger partial charge in [-0.25, -0.2) is 9.97 Å². The highest BCUT2D eigenvalue weighted by molar-refractivity contribution is 9.10. The van der Waals surface area contributed by atoms with Crippen LogP contribution in [-0.2, 0) is 0 Å². The molecule has 110 valence electrons. The van der Waals surface area contributed by atoms with Crippen LogP contribution in [0.25, 0.3) is 11.4 Å². The van der Waals surface area contributed by atoms with Crippen molar-refractivity contribution >= 4 is 33.3 Å². The fourth-order valence-electron chi connectivity index (χ4n) is 2.86. The molecule has 1 aromatic heterocycles. The van der Waals surface area contributed by atoms with Gasteiger partial charge in [0.25, 0.3) is 0 Å². The molecule has 0 unspecified atom stereocenters. The number of benzene rings is 1. The van der Waals surface area contributed by atoms with Crippen molar-refractivity contribution in [2.24, 2.45) is 0 Å².